The van der Waals surface area contributed by atoms with Crippen molar-refractivity contribution >= 4 is 0 Å². The Morgan fingerprint density at radius 3 is 2.36 bits per heavy atom. The Morgan fingerprint density at radius 2 is 2.00 bits per heavy atom. The number of nitrogens with zero attached hydrogens (tertiary/aromatic N) is 1. The maximum Gasteiger partial charge on any atom is 0.272 e. The third-order valence-corrected chi connectivity index (χ3v) is 1.21. The lowest BCUT2D eigenvalue weighted by Gasteiger charge is -2.08. The van der Waals surface area contributed by atoms with Crippen LogP contribution < -0.4 is 0 Å². The molecule has 60 valence electrons. The smallest absolute Gasteiger partial charge is 0.261 e. The SMILES string of the molecule is CC(F)(F)c1cncc(F)c1. The Bertz CT molecular complexity index is 254. The van der Waals surface area contributed by atoms with Crippen LogP contribution in [0.5, 0.6) is 0 Å². The molecule has 1 aromatic heterocycles. The van der Waals surface area contributed by atoms with E-state index in [1.807, 2.05) is 0 Å². The maximum absolute atomic E-state index is 12.4. The molecular weight excluding hydrogens is 155 g/mol. The molecule has 1 nitrogen and oxygen atoms in total. The zero-order valence-electron chi connectivity index (χ0n) is 5.81. The van der Waals surface area contributed by atoms with E-state index in [4.69, 9.17) is 0 Å². The summed E-state index contributed by atoms with van der Waals surface area (Å²) < 4.78 is 37.2. The zero-order valence-corrected chi connectivity index (χ0v) is 5.81. The molecule has 1 heterocycles. The standard InChI is InChI=1S/C7H6F3N/c1-7(9,10)5-2-6(8)4-11-3-5/h2-4H,1H3. The van der Waals surface area contributed by atoms with Gasteiger partial charge >= 0.3 is 0 Å². The van der Waals surface area contributed by atoms with Crippen LogP contribution in [-0.2, 0) is 5.92 Å². The number of alkyl halides is 2. The van der Waals surface area contributed by atoms with E-state index in [1.54, 1.807) is 0 Å². The minimum Gasteiger partial charge on any atom is -0.261 e. The first-order valence-corrected chi connectivity index (χ1v) is 2.99. The molecule has 4 heteroatoms. The first-order chi connectivity index (χ1) is 5.00. The van der Waals surface area contributed by atoms with Crippen LogP contribution in [0.15, 0.2) is 18.5 Å². The number of rotatable bonds is 1. The van der Waals surface area contributed by atoms with Crippen molar-refractivity contribution in [3.05, 3.63) is 29.8 Å². The topological polar surface area (TPSA) is 12.9 Å². The van der Waals surface area contributed by atoms with Gasteiger partial charge in [0, 0.05) is 18.7 Å². The molecule has 0 saturated heterocycles. The van der Waals surface area contributed by atoms with Crippen LogP contribution in [0.4, 0.5) is 13.2 Å². The molecule has 0 radical (unpaired) electrons. The summed E-state index contributed by atoms with van der Waals surface area (Å²) in [4.78, 5) is 3.30. The van der Waals surface area contributed by atoms with Crippen LogP contribution in [0.1, 0.15) is 12.5 Å². The van der Waals surface area contributed by atoms with Crippen molar-refractivity contribution in [1.82, 2.24) is 4.98 Å². The highest BCUT2D eigenvalue weighted by molar-refractivity contribution is 5.14. The lowest BCUT2D eigenvalue weighted by atomic mass is 10.2. The van der Waals surface area contributed by atoms with Crippen molar-refractivity contribution in [3.63, 3.8) is 0 Å². The lowest BCUT2D eigenvalue weighted by Crippen LogP contribution is -2.07. The van der Waals surface area contributed by atoms with Crippen molar-refractivity contribution in [2.75, 3.05) is 0 Å². The molecule has 0 spiro atoms. The monoisotopic (exact) mass is 161 g/mol. The molecule has 11 heavy (non-hydrogen) atoms. The summed E-state index contributed by atoms with van der Waals surface area (Å²) in [6.07, 6.45) is 1.83. The van der Waals surface area contributed by atoms with Crippen LogP contribution in [-0.4, -0.2) is 4.98 Å². The average molecular weight is 161 g/mol. The van der Waals surface area contributed by atoms with Gasteiger partial charge < -0.3 is 0 Å². The quantitative estimate of drug-likeness (QED) is 0.616. The molecule has 0 atom stereocenters. The van der Waals surface area contributed by atoms with Gasteiger partial charge in [0.2, 0.25) is 0 Å². The Balaban J connectivity index is 3.06. The van der Waals surface area contributed by atoms with Gasteiger partial charge in [-0.05, 0) is 6.07 Å². The molecule has 1 aromatic rings. The van der Waals surface area contributed by atoms with Crippen molar-refractivity contribution in [1.29, 1.82) is 0 Å². The fourth-order valence-electron chi connectivity index (χ4n) is 0.652. The van der Waals surface area contributed by atoms with Gasteiger partial charge in [-0.1, -0.05) is 0 Å². The molecule has 0 saturated carbocycles. The predicted molar refractivity (Wildman–Crippen MR) is 33.8 cm³/mol. The first kappa shape index (κ1) is 8.04. The average Bonchev–Trinajstić information content (AvgIpc) is 1.86. The summed E-state index contributed by atoms with van der Waals surface area (Å²) >= 11 is 0. The van der Waals surface area contributed by atoms with Gasteiger partial charge in [0.1, 0.15) is 5.82 Å². The molecular formula is C7H6F3N. The third kappa shape index (κ3) is 1.93. The minimum atomic E-state index is -3.02. The van der Waals surface area contributed by atoms with Gasteiger partial charge in [0.05, 0.1) is 6.20 Å². The second-order valence-corrected chi connectivity index (χ2v) is 2.28. The predicted octanol–water partition coefficient (Wildman–Crippen LogP) is 2.33. The Kier molecular flexibility index (Phi) is 1.85. The second kappa shape index (κ2) is 2.53. The molecule has 1 rings (SSSR count). The molecule has 0 amide bonds. The van der Waals surface area contributed by atoms with E-state index in [2.05, 4.69) is 4.98 Å². The number of hydrogen-bond acceptors (Lipinski definition) is 1. The normalized spacial score (nSPS) is 11.6. The van der Waals surface area contributed by atoms with E-state index in [1.165, 1.54) is 0 Å². The number of halogens is 3. The minimum absolute atomic E-state index is 0.405. The number of pyridine rings is 1. The highest BCUT2D eigenvalue weighted by Gasteiger charge is 2.24. The largest absolute Gasteiger partial charge is 0.272 e. The maximum atomic E-state index is 12.4. The molecule has 0 bridgehead atoms. The molecule has 0 aliphatic heterocycles. The molecule has 0 aliphatic rings. The van der Waals surface area contributed by atoms with E-state index >= 15 is 0 Å². The highest BCUT2D eigenvalue weighted by atomic mass is 19.3. The van der Waals surface area contributed by atoms with Gasteiger partial charge in [-0.25, -0.2) is 13.2 Å². The van der Waals surface area contributed by atoms with Crippen LogP contribution in [0.3, 0.4) is 0 Å². The third-order valence-electron chi connectivity index (χ3n) is 1.21. The molecule has 0 unspecified atom stereocenters. The summed E-state index contributed by atoms with van der Waals surface area (Å²) in [6.45, 7) is 0.698. The molecule has 0 N–H and O–H groups in total. The van der Waals surface area contributed by atoms with Gasteiger partial charge in [0.25, 0.3) is 5.92 Å². The summed E-state index contributed by atoms with van der Waals surface area (Å²) in [5.41, 5.74) is -0.405. The summed E-state index contributed by atoms with van der Waals surface area (Å²) in [5, 5.41) is 0. The van der Waals surface area contributed by atoms with Crippen molar-refractivity contribution < 1.29 is 13.2 Å². The van der Waals surface area contributed by atoms with E-state index in [9.17, 15) is 13.2 Å². The van der Waals surface area contributed by atoms with Crippen molar-refractivity contribution in [2.45, 2.75) is 12.8 Å². The van der Waals surface area contributed by atoms with E-state index in [0.29, 0.717) is 6.92 Å². The summed E-state index contributed by atoms with van der Waals surface area (Å²) in [5.74, 6) is -3.77. The Morgan fingerprint density at radius 1 is 1.36 bits per heavy atom. The van der Waals surface area contributed by atoms with Gasteiger partial charge in [-0.15, -0.1) is 0 Å². The Labute approximate surface area is 61.9 Å². The van der Waals surface area contributed by atoms with E-state index in [-0.39, 0.29) is 0 Å². The number of hydrogen-bond donors (Lipinski definition) is 0. The Hall–Kier alpha value is -1.06. The molecule has 0 aromatic carbocycles. The van der Waals surface area contributed by atoms with Gasteiger partial charge in [-0.3, -0.25) is 4.98 Å². The molecule has 0 aliphatic carbocycles. The first-order valence-electron chi connectivity index (χ1n) is 2.99. The highest BCUT2D eigenvalue weighted by Crippen LogP contribution is 2.25. The summed E-state index contributed by atoms with van der Waals surface area (Å²) in [6, 6.07) is 0.771. The van der Waals surface area contributed by atoms with Gasteiger partial charge in [-0.2, -0.15) is 0 Å². The van der Waals surface area contributed by atoms with Crippen LogP contribution >= 0.6 is 0 Å². The van der Waals surface area contributed by atoms with Crippen molar-refractivity contribution in [2.24, 2.45) is 0 Å². The van der Waals surface area contributed by atoms with Gasteiger partial charge in [0.15, 0.2) is 0 Å². The zero-order chi connectivity index (χ0) is 8.48. The number of aromatic nitrogens is 1. The van der Waals surface area contributed by atoms with Crippen LogP contribution in [0.25, 0.3) is 0 Å². The van der Waals surface area contributed by atoms with Crippen LogP contribution in [0.2, 0.25) is 0 Å². The van der Waals surface area contributed by atoms with E-state index < -0.39 is 17.3 Å². The summed E-state index contributed by atoms with van der Waals surface area (Å²) in [7, 11) is 0. The van der Waals surface area contributed by atoms with Crippen LogP contribution in [0, 0.1) is 5.82 Å². The second-order valence-electron chi connectivity index (χ2n) is 2.28. The van der Waals surface area contributed by atoms with Crippen molar-refractivity contribution in [3.8, 4) is 0 Å². The molecule has 0 fully saturated rings. The fourth-order valence-corrected chi connectivity index (χ4v) is 0.652. The van der Waals surface area contributed by atoms with E-state index in [0.717, 1.165) is 18.5 Å². The lowest BCUT2D eigenvalue weighted by molar-refractivity contribution is 0.0168. The fraction of sp³-hybridized carbons (Fsp3) is 0.286.